The molecule has 2 rings (SSSR count). The first-order chi connectivity index (χ1) is 9.80. The van der Waals surface area contributed by atoms with Crippen molar-refractivity contribution in [1.82, 2.24) is 0 Å². The van der Waals surface area contributed by atoms with Crippen LogP contribution in [0.5, 0.6) is 5.75 Å². The molecule has 1 aliphatic heterocycles. The van der Waals surface area contributed by atoms with Gasteiger partial charge in [-0.3, -0.25) is 4.79 Å². The zero-order valence-electron chi connectivity index (χ0n) is 12.9. The van der Waals surface area contributed by atoms with Crippen molar-refractivity contribution in [2.24, 2.45) is 5.92 Å². The lowest BCUT2D eigenvalue weighted by Crippen LogP contribution is -2.50. The molecule has 1 aromatic carbocycles. The van der Waals surface area contributed by atoms with Crippen LogP contribution in [0.3, 0.4) is 0 Å². The molecular weight excluding hydrogens is 268 g/mol. The van der Waals surface area contributed by atoms with Crippen molar-refractivity contribution in [3.8, 4) is 5.75 Å². The van der Waals surface area contributed by atoms with Crippen LogP contribution in [0.4, 0.5) is 0 Å². The fraction of sp³-hybridized carbons (Fsp3) is 0.588. The Labute approximate surface area is 125 Å². The Hall–Kier alpha value is -1.55. The van der Waals surface area contributed by atoms with Gasteiger partial charge in [-0.2, -0.15) is 0 Å². The second kappa shape index (κ2) is 5.68. The third kappa shape index (κ3) is 3.05. The number of carboxylic acid groups (broad SMARTS) is 1. The third-order valence-electron chi connectivity index (χ3n) is 4.16. The van der Waals surface area contributed by atoms with E-state index in [0.29, 0.717) is 17.7 Å². The molecule has 2 unspecified atom stereocenters. The Morgan fingerprint density at radius 1 is 1.38 bits per heavy atom. The van der Waals surface area contributed by atoms with Gasteiger partial charge in [0, 0.05) is 12.0 Å². The van der Waals surface area contributed by atoms with E-state index in [4.69, 9.17) is 4.74 Å². The molecule has 2 atom stereocenters. The Balaban J connectivity index is 2.49. The SMILES string of the molecule is CCCCC(C(=O)O)C1(O)CC(C)(C)Oc2ccccc21. The quantitative estimate of drug-likeness (QED) is 0.873. The molecule has 0 saturated heterocycles. The van der Waals surface area contributed by atoms with Crippen molar-refractivity contribution in [3.63, 3.8) is 0 Å². The Morgan fingerprint density at radius 3 is 2.67 bits per heavy atom. The Kier molecular flexibility index (Phi) is 4.28. The molecular formula is C17H24O4. The van der Waals surface area contributed by atoms with Gasteiger partial charge in [-0.15, -0.1) is 0 Å². The largest absolute Gasteiger partial charge is 0.487 e. The monoisotopic (exact) mass is 292 g/mol. The van der Waals surface area contributed by atoms with E-state index >= 15 is 0 Å². The van der Waals surface area contributed by atoms with Gasteiger partial charge < -0.3 is 14.9 Å². The van der Waals surface area contributed by atoms with Crippen molar-refractivity contribution in [1.29, 1.82) is 0 Å². The lowest BCUT2D eigenvalue weighted by molar-refractivity contribution is -0.162. The van der Waals surface area contributed by atoms with Crippen LogP contribution in [0.2, 0.25) is 0 Å². The van der Waals surface area contributed by atoms with Crippen molar-refractivity contribution < 1.29 is 19.7 Å². The maximum atomic E-state index is 11.7. The number of para-hydroxylation sites is 1. The highest BCUT2D eigenvalue weighted by Gasteiger charge is 2.51. The minimum absolute atomic E-state index is 0.275. The molecule has 1 heterocycles. The highest BCUT2D eigenvalue weighted by atomic mass is 16.5. The van der Waals surface area contributed by atoms with Gasteiger partial charge in [0.25, 0.3) is 0 Å². The number of fused-ring (bicyclic) bond motifs is 1. The average Bonchev–Trinajstić information content (AvgIpc) is 2.37. The van der Waals surface area contributed by atoms with Gasteiger partial charge in [0.15, 0.2) is 0 Å². The molecule has 0 saturated carbocycles. The van der Waals surface area contributed by atoms with Crippen molar-refractivity contribution in [2.75, 3.05) is 0 Å². The summed E-state index contributed by atoms with van der Waals surface area (Å²) >= 11 is 0. The zero-order valence-corrected chi connectivity index (χ0v) is 12.9. The second-order valence-electron chi connectivity index (χ2n) is 6.49. The number of aliphatic hydroxyl groups is 1. The van der Waals surface area contributed by atoms with Crippen molar-refractivity contribution >= 4 is 5.97 Å². The smallest absolute Gasteiger partial charge is 0.309 e. The van der Waals surface area contributed by atoms with Crippen molar-refractivity contribution in [2.45, 2.75) is 57.7 Å². The number of aliphatic carboxylic acids is 1. The highest BCUT2D eigenvalue weighted by Crippen LogP contribution is 2.48. The average molecular weight is 292 g/mol. The number of rotatable bonds is 5. The predicted molar refractivity (Wildman–Crippen MR) is 80.3 cm³/mol. The van der Waals surface area contributed by atoms with Crippen LogP contribution in [-0.2, 0) is 10.4 Å². The first kappa shape index (κ1) is 15.8. The summed E-state index contributed by atoms with van der Waals surface area (Å²) in [5.74, 6) is -1.18. The summed E-state index contributed by atoms with van der Waals surface area (Å²) in [4.78, 5) is 11.7. The number of ether oxygens (including phenoxy) is 1. The molecule has 2 N–H and O–H groups in total. The van der Waals surface area contributed by atoms with Gasteiger partial charge in [0.1, 0.15) is 17.0 Å². The molecule has 0 fully saturated rings. The molecule has 21 heavy (non-hydrogen) atoms. The van der Waals surface area contributed by atoms with E-state index in [0.717, 1.165) is 12.8 Å². The highest BCUT2D eigenvalue weighted by molar-refractivity contribution is 5.72. The fourth-order valence-corrected chi connectivity index (χ4v) is 3.28. The van der Waals surface area contributed by atoms with Crippen LogP contribution in [0, 0.1) is 5.92 Å². The van der Waals surface area contributed by atoms with Gasteiger partial charge in [0.05, 0.1) is 5.92 Å². The molecule has 4 heteroatoms. The summed E-state index contributed by atoms with van der Waals surface area (Å²) in [5, 5.41) is 20.9. The standard InChI is InChI=1S/C17H24O4/c1-4-5-8-13(15(18)19)17(20)11-16(2,3)21-14-10-7-6-9-12(14)17/h6-7,9-10,13,20H,4-5,8,11H2,1-3H3,(H,18,19). The molecule has 116 valence electrons. The normalized spacial score (nSPS) is 24.8. The van der Waals surface area contributed by atoms with Gasteiger partial charge in [-0.1, -0.05) is 38.0 Å². The summed E-state index contributed by atoms with van der Waals surface area (Å²) < 4.78 is 5.90. The molecule has 0 aliphatic carbocycles. The van der Waals surface area contributed by atoms with Crippen LogP contribution in [-0.4, -0.2) is 21.8 Å². The summed E-state index contributed by atoms with van der Waals surface area (Å²) in [6.07, 6.45) is 2.43. The van der Waals surface area contributed by atoms with Gasteiger partial charge in [-0.25, -0.2) is 0 Å². The summed E-state index contributed by atoms with van der Waals surface area (Å²) in [6, 6.07) is 7.21. The second-order valence-corrected chi connectivity index (χ2v) is 6.49. The zero-order chi connectivity index (χ0) is 15.7. The maximum absolute atomic E-state index is 11.7. The van der Waals surface area contributed by atoms with E-state index in [9.17, 15) is 15.0 Å². The van der Waals surface area contributed by atoms with Crippen LogP contribution in [0.15, 0.2) is 24.3 Å². The van der Waals surface area contributed by atoms with E-state index in [1.807, 2.05) is 32.9 Å². The molecule has 0 bridgehead atoms. The van der Waals surface area contributed by atoms with E-state index in [2.05, 4.69) is 0 Å². The fourth-order valence-electron chi connectivity index (χ4n) is 3.28. The van der Waals surface area contributed by atoms with E-state index in [1.54, 1.807) is 12.1 Å². The van der Waals surface area contributed by atoms with Crippen LogP contribution >= 0.6 is 0 Å². The number of carbonyl (C=O) groups is 1. The number of carboxylic acids is 1. The minimum atomic E-state index is -1.39. The number of benzene rings is 1. The van der Waals surface area contributed by atoms with Crippen LogP contribution < -0.4 is 4.74 Å². The summed E-state index contributed by atoms with van der Waals surface area (Å²) in [6.45, 7) is 5.78. The number of hydrogen-bond donors (Lipinski definition) is 2. The first-order valence-electron chi connectivity index (χ1n) is 7.54. The summed E-state index contributed by atoms with van der Waals surface area (Å²) in [5.41, 5.74) is -1.39. The van der Waals surface area contributed by atoms with Gasteiger partial charge in [-0.05, 0) is 26.3 Å². The van der Waals surface area contributed by atoms with Gasteiger partial charge >= 0.3 is 5.97 Å². The lowest BCUT2D eigenvalue weighted by Gasteiger charge is -2.45. The lowest BCUT2D eigenvalue weighted by atomic mass is 9.71. The molecule has 0 radical (unpaired) electrons. The summed E-state index contributed by atoms with van der Waals surface area (Å²) in [7, 11) is 0. The molecule has 0 aromatic heterocycles. The molecule has 4 nitrogen and oxygen atoms in total. The number of hydrogen-bond acceptors (Lipinski definition) is 3. The number of unbranched alkanes of at least 4 members (excludes halogenated alkanes) is 1. The van der Waals surface area contributed by atoms with Crippen LogP contribution in [0.1, 0.15) is 52.0 Å². The van der Waals surface area contributed by atoms with E-state index < -0.39 is 23.1 Å². The minimum Gasteiger partial charge on any atom is -0.487 e. The first-order valence-corrected chi connectivity index (χ1v) is 7.54. The third-order valence-corrected chi connectivity index (χ3v) is 4.16. The topological polar surface area (TPSA) is 66.8 Å². The van der Waals surface area contributed by atoms with E-state index in [-0.39, 0.29) is 6.42 Å². The van der Waals surface area contributed by atoms with Crippen molar-refractivity contribution in [3.05, 3.63) is 29.8 Å². The predicted octanol–water partition coefficient (Wildman–Crippen LogP) is 3.33. The molecule has 0 amide bonds. The van der Waals surface area contributed by atoms with Crippen LogP contribution in [0.25, 0.3) is 0 Å². The maximum Gasteiger partial charge on any atom is 0.309 e. The Bertz CT molecular complexity index is 523. The molecule has 1 aromatic rings. The van der Waals surface area contributed by atoms with Gasteiger partial charge in [0.2, 0.25) is 0 Å². The molecule has 0 spiro atoms. The van der Waals surface area contributed by atoms with E-state index in [1.165, 1.54) is 0 Å². The Morgan fingerprint density at radius 2 is 2.05 bits per heavy atom. The molecule has 1 aliphatic rings.